The third kappa shape index (κ3) is 2.96. The van der Waals surface area contributed by atoms with Crippen LogP contribution in [0.15, 0.2) is 0 Å². The van der Waals surface area contributed by atoms with Crippen LogP contribution in [0.1, 0.15) is 45.6 Å². The van der Waals surface area contributed by atoms with Crippen LogP contribution in [-0.2, 0) is 0 Å². The monoisotopic (exact) mass is 192 g/mol. The summed E-state index contributed by atoms with van der Waals surface area (Å²) < 4.78 is 65.2. The second-order valence-electron chi connectivity index (χ2n) is 4.42. The van der Waals surface area contributed by atoms with E-state index in [1.165, 1.54) is 13.8 Å². The Morgan fingerprint density at radius 3 is 1.85 bits per heavy atom. The Bertz CT molecular complexity index is 385. The van der Waals surface area contributed by atoms with Crippen LogP contribution in [0.4, 0.5) is 0 Å². The van der Waals surface area contributed by atoms with Gasteiger partial charge in [0, 0.05) is 48.5 Å². The normalized spacial score (nSPS) is 47.2. The van der Waals surface area contributed by atoms with E-state index in [-0.39, 0.29) is 0 Å². The van der Waals surface area contributed by atoms with Gasteiger partial charge in [-0.1, -0.05) is 0 Å². The van der Waals surface area contributed by atoms with E-state index in [1.807, 2.05) is 0 Å². The first kappa shape index (κ1) is 4.19. The Morgan fingerprint density at radius 1 is 1.08 bits per heavy atom. The van der Waals surface area contributed by atoms with Crippen molar-refractivity contribution in [3.05, 3.63) is 0 Å². The topological polar surface area (TPSA) is 6.48 Å². The van der Waals surface area contributed by atoms with Crippen LogP contribution in [0.25, 0.3) is 0 Å². The molecular formula is C11H24N2. The lowest BCUT2D eigenvalue weighted by Gasteiger charge is -2.43. The van der Waals surface area contributed by atoms with Gasteiger partial charge in [-0.2, -0.15) is 0 Å². The molecule has 1 saturated heterocycles. The van der Waals surface area contributed by atoms with E-state index in [1.54, 1.807) is 20.8 Å². The van der Waals surface area contributed by atoms with Crippen molar-refractivity contribution in [3.8, 4) is 0 Å². The lowest BCUT2D eigenvalue weighted by molar-refractivity contribution is 0.0491. The smallest absolute Gasteiger partial charge is 0.0444 e. The predicted octanol–water partition coefficient (Wildman–Crippen LogP) is 1.81. The quantitative estimate of drug-likeness (QED) is 0.625. The summed E-state index contributed by atoms with van der Waals surface area (Å²) in [4.78, 5) is 1.33. The molecule has 78 valence electrons. The molecule has 0 aromatic heterocycles. The first-order chi connectivity index (χ1) is 8.93. The summed E-state index contributed by atoms with van der Waals surface area (Å²) in [5.74, 6) is 0. The van der Waals surface area contributed by atoms with Crippen LogP contribution in [0.2, 0.25) is 0 Å². The molecule has 0 spiro atoms. The number of rotatable bonds is 1. The minimum atomic E-state index is -2.70. The Hall–Kier alpha value is -0.0800. The number of piperazine rings is 1. The first-order valence-corrected chi connectivity index (χ1v) is 4.53. The molecule has 1 rings (SSSR count). The zero-order valence-corrected chi connectivity index (χ0v) is 8.97. The Balaban J connectivity index is 3.69. The maximum atomic E-state index is 8.17. The van der Waals surface area contributed by atoms with Crippen LogP contribution >= 0.6 is 0 Å². The van der Waals surface area contributed by atoms with Gasteiger partial charge in [-0.15, -0.1) is 0 Å². The molecule has 1 aliphatic heterocycles. The third-order valence-electron chi connectivity index (χ3n) is 1.75. The van der Waals surface area contributed by atoms with Crippen LogP contribution in [0, 0.1) is 0 Å². The molecule has 0 aromatic rings. The second kappa shape index (κ2) is 3.97. The summed E-state index contributed by atoms with van der Waals surface area (Å²) in [6.45, 7) is -3.12. The molecule has 1 heterocycles. The molecule has 2 heteroatoms. The van der Waals surface area contributed by atoms with Crippen molar-refractivity contribution in [1.29, 1.82) is 0 Å². The molecule has 0 radical (unpaired) electrons. The van der Waals surface area contributed by atoms with Crippen molar-refractivity contribution in [2.24, 2.45) is 0 Å². The molecule has 0 N–H and O–H groups in total. The van der Waals surface area contributed by atoms with Crippen molar-refractivity contribution in [1.82, 2.24) is 9.80 Å². The highest BCUT2D eigenvalue weighted by Crippen LogP contribution is 2.16. The number of hydrogen-bond acceptors (Lipinski definition) is 2. The summed E-state index contributed by atoms with van der Waals surface area (Å²) in [5, 5.41) is 0. The van der Waals surface area contributed by atoms with Crippen molar-refractivity contribution in [3.63, 3.8) is 0 Å². The van der Waals surface area contributed by atoms with Crippen LogP contribution in [0.3, 0.4) is 0 Å². The molecule has 0 aromatic carbocycles. The minimum Gasteiger partial charge on any atom is -0.298 e. The Labute approximate surface area is 94.1 Å². The van der Waals surface area contributed by atoms with Crippen LogP contribution in [0.5, 0.6) is 0 Å². The zero-order valence-electron chi connectivity index (χ0n) is 17.0. The molecule has 0 amide bonds. The highest BCUT2D eigenvalue weighted by atomic mass is 15.3. The summed E-state index contributed by atoms with van der Waals surface area (Å²) >= 11 is 0. The summed E-state index contributed by atoms with van der Waals surface area (Å²) in [6, 6.07) is -0.706. The van der Waals surface area contributed by atoms with Crippen molar-refractivity contribution < 1.29 is 11.0 Å². The van der Waals surface area contributed by atoms with E-state index in [0.717, 1.165) is 0 Å². The van der Waals surface area contributed by atoms with Crippen molar-refractivity contribution >= 4 is 0 Å². The van der Waals surface area contributed by atoms with Gasteiger partial charge in [-0.3, -0.25) is 9.80 Å². The number of nitrogens with zero attached hydrogens (tertiary/aromatic N) is 2. The molecule has 0 bridgehead atoms. The highest BCUT2D eigenvalue weighted by molar-refractivity contribution is 4.82. The van der Waals surface area contributed by atoms with Gasteiger partial charge in [0.2, 0.25) is 0 Å². The summed E-state index contributed by atoms with van der Waals surface area (Å²) in [6.07, 6.45) is 0. The predicted molar refractivity (Wildman–Crippen MR) is 58.0 cm³/mol. The fourth-order valence-electron chi connectivity index (χ4n) is 0.857. The second-order valence-corrected chi connectivity index (χ2v) is 4.42. The van der Waals surface area contributed by atoms with Gasteiger partial charge in [0.25, 0.3) is 0 Å². The molecule has 0 atom stereocenters. The average Bonchev–Trinajstić information content (AvgIpc) is 2.08. The Kier molecular flexibility index (Phi) is 1.28. The largest absolute Gasteiger partial charge is 0.298 e. The van der Waals surface area contributed by atoms with Gasteiger partial charge in [-0.25, -0.2) is 0 Å². The fourth-order valence-corrected chi connectivity index (χ4v) is 0.857. The molecule has 0 aliphatic carbocycles. The van der Waals surface area contributed by atoms with E-state index in [9.17, 15) is 0 Å². The average molecular weight is 192 g/mol. The third-order valence-corrected chi connectivity index (χ3v) is 1.75. The molecule has 0 saturated carbocycles. The molecule has 1 fully saturated rings. The highest BCUT2D eigenvalue weighted by Gasteiger charge is 2.26. The molecule has 13 heavy (non-hydrogen) atoms. The van der Waals surface area contributed by atoms with Crippen molar-refractivity contribution in [2.75, 3.05) is 26.0 Å². The van der Waals surface area contributed by atoms with Gasteiger partial charge in [-0.05, 0) is 34.6 Å². The number of hydrogen-bond donors (Lipinski definition) is 0. The zero-order chi connectivity index (χ0) is 17.2. The van der Waals surface area contributed by atoms with Gasteiger partial charge in [0.1, 0.15) is 0 Å². The summed E-state index contributed by atoms with van der Waals surface area (Å²) in [7, 11) is 0. The SMILES string of the molecule is [2H]C1([2H])N(C(C)C)C([2H])([2H])C([2H])([2H])N(C(C)(C)C)C1([2H])[2H]. The van der Waals surface area contributed by atoms with E-state index in [0.29, 0.717) is 9.80 Å². The van der Waals surface area contributed by atoms with Gasteiger partial charge < -0.3 is 0 Å². The summed E-state index contributed by atoms with van der Waals surface area (Å²) in [5.41, 5.74) is -1.10. The standard InChI is InChI=1S/C11H24N2/c1-10(2)12-6-8-13(9-7-12)11(3,4)5/h10H,6-9H2,1-5H3/i6D2,7D2,8D2,9D2. The van der Waals surface area contributed by atoms with E-state index >= 15 is 0 Å². The first-order valence-electron chi connectivity index (χ1n) is 8.53. The minimum absolute atomic E-state index is 0.655. The maximum absolute atomic E-state index is 8.17. The van der Waals surface area contributed by atoms with Crippen molar-refractivity contribution in [2.45, 2.75) is 46.2 Å². The lowest BCUT2D eigenvalue weighted by atomic mass is 10.0. The lowest BCUT2D eigenvalue weighted by Crippen LogP contribution is -2.54. The van der Waals surface area contributed by atoms with E-state index in [2.05, 4.69) is 0 Å². The van der Waals surface area contributed by atoms with Gasteiger partial charge >= 0.3 is 0 Å². The van der Waals surface area contributed by atoms with Gasteiger partial charge in [0.15, 0.2) is 0 Å². The molecule has 1 aliphatic rings. The van der Waals surface area contributed by atoms with E-state index in [4.69, 9.17) is 11.0 Å². The molecule has 0 unspecified atom stereocenters. The van der Waals surface area contributed by atoms with E-state index < -0.39 is 37.6 Å². The van der Waals surface area contributed by atoms with Crippen LogP contribution < -0.4 is 0 Å². The van der Waals surface area contributed by atoms with Crippen LogP contribution in [-0.4, -0.2) is 47.4 Å². The van der Waals surface area contributed by atoms with Gasteiger partial charge in [0.05, 0.1) is 0 Å². The maximum Gasteiger partial charge on any atom is 0.0444 e. The Morgan fingerprint density at radius 2 is 1.54 bits per heavy atom. The molecular weight excluding hydrogens is 160 g/mol. The fraction of sp³-hybridized carbons (Fsp3) is 1.00. The molecule has 2 nitrogen and oxygen atoms in total.